The van der Waals surface area contributed by atoms with E-state index in [1.165, 1.54) is 11.8 Å². The number of carbonyl (C=O) groups is 3. The minimum atomic E-state index is -0.515. The van der Waals surface area contributed by atoms with Gasteiger partial charge in [-0.2, -0.15) is 0 Å². The van der Waals surface area contributed by atoms with Crippen LogP contribution in [0.25, 0.3) is 6.08 Å². The molecule has 0 saturated carbocycles. The average molecular weight is 585 g/mol. The van der Waals surface area contributed by atoms with Crippen molar-refractivity contribution < 1.29 is 23.6 Å². The number of nitrogens with one attached hydrogen (secondary N) is 3. The number of para-hydroxylation sites is 1. The molecule has 0 spiro atoms. The highest BCUT2D eigenvalue weighted by molar-refractivity contribution is 8.00. The van der Waals surface area contributed by atoms with E-state index in [-0.39, 0.29) is 11.6 Å². The Balaban J connectivity index is 1.53. The molecule has 3 amide bonds. The minimum Gasteiger partial charge on any atom is -0.493 e. The van der Waals surface area contributed by atoms with E-state index in [9.17, 15) is 14.4 Å². The van der Waals surface area contributed by atoms with Gasteiger partial charge in [0, 0.05) is 27.8 Å². The Kier molecular flexibility index (Phi) is 10.5. The quantitative estimate of drug-likeness (QED) is 0.132. The summed E-state index contributed by atoms with van der Waals surface area (Å²) in [6, 6.07) is 24.8. The monoisotopic (exact) mass is 584 g/mol. The zero-order valence-corrected chi connectivity index (χ0v) is 24.4. The summed E-state index contributed by atoms with van der Waals surface area (Å²) in [7, 11) is 0. The molecular formula is C32H32N4O5S. The van der Waals surface area contributed by atoms with E-state index in [1.807, 2.05) is 38.1 Å². The van der Waals surface area contributed by atoms with Crippen LogP contribution in [0.5, 0.6) is 5.75 Å². The Labute approximate surface area is 248 Å². The molecule has 0 aliphatic carbocycles. The molecule has 216 valence electrons. The lowest BCUT2D eigenvalue weighted by molar-refractivity contribution is -0.116. The van der Waals surface area contributed by atoms with Gasteiger partial charge in [-0.3, -0.25) is 14.4 Å². The molecule has 1 aromatic heterocycles. The Morgan fingerprint density at radius 2 is 1.71 bits per heavy atom. The molecule has 3 aromatic carbocycles. The topological polar surface area (TPSA) is 123 Å². The molecular weight excluding hydrogens is 552 g/mol. The fourth-order valence-electron chi connectivity index (χ4n) is 3.95. The summed E-state index contributed by atoms with van der Waals surface area (Å²) in [4.78, 5) is 40.2. The van der Waals surface area contributed by atoms with Crippen LogP contribution in [0.3, 0.4) is 0 Å². The largest absolute Gasteiger partial charge is 0.493 e. The Bertz CT molecular complexity index is 1570. The highest BCUT2D eigenvalue weighted by atomic mass is 32.2. The number of amides is 3. The molecule has 0 radical (unpaired) electrons. The van der Waals surface area contributed by atoms with Crippen LogP contribution in [-0.4, -0.2) is 34.7 Å². The van der Waals surface area contributed by atoms with Gasteiger partial charge in [0.1, 0.15) is 17.2 Å². The van der Waals surface area contributed by atoms with Crippen molar-refractivity contribution in [1.29, 1.82) is 0 Å². The lowest BCUT2D eigenvalue weighted by Crippen LogP contribution is -2.30. The van der Waals surface area contributed by atoms with Gasteiger partial charge in [0.25, 0.3) is 11.8 Å². The van der Waals surface area contributed by atoms with Gasteiger partial charge in [-0.15, -0.1) is 11.8 Å². The fourth-order valence-corrected chi connectivity index (χ4v) is 4.96. The maximum Gasteiger partial charge on any atom is 0.272 e. The fraction of sp³-hybridized carbons (Fsp3) is 0.188. The Morgan fingerprint density at radius 3 is 2.43 bits per heavy atom. The summed E-state index contributed by atoms with van der Waals surface area (Å²) in [5, 5.41) is 11.8. The molecule has 42 heavy (non-hydrogen) atoms. The van der Waals surface area contributed by atoms with Crippen LogP contribution >= 0.6 is 11.8 Å². The number of aromatic nitrogens is 1. The predicted molar refractivity (Wildman–Crippen MR) is 164 cm³/mol. The standard InChI is InChI=1S/C32H32N4O5S/c1-4-28(32(39)35-29-18-21(3)41-36-29)42-25-16-11-15-24(20-25)33-31(38)26(34-30(37)22-12-7-6-8-13-22)19-23-14-9-10-17-27(23)40-5-2/h6-20,28H,4-5H2,1-3H3,(H,33,38)(H,34,37)(H,35,36,39)/b26-19+. The van der Waals surface area contributed by atoms with Crippen molar-refractivity contribution in [2.75, 3.05) is 17.2 Å². The Hall–Kier alpha value is -4.83. The van der Waals surface area contributed by atoms with Crippen LogP contribution in [0.15, 0.2) is 100 Å². The number of aryl methyl sites for hydroxylation is 1. The molecule has 10 heteroatoms. The third-order valence-electron chi connectivity index (χ3n) is 5.96. The molecule has 0 aliphatic rings. The second-order valence-corrected chi connectivity index (χ2v) is 10.4. The van der Waals surface area contributed by atoms with Crippen LogP contribution in [0.2, 0.25) is 0 Å². The first-order valence-corrected chi connectivity index (χ1v) is 14.4. The number of thioether (sulfide) groups is 1. The van der Waals surface area contributed by atoms with E-state index in [0.29, 0.717) is 47.2 Å². The third-order valence-corrected chi connectivity index (χ3v) is 7.32. The maximum atomic E-state index is 13.5. The van der Waals surface area contributed by atoms with E-state index in [0.717, 1.165) is 4.90 Å². The molecule has 4 rings (SSSR count). The summed E-state index contributed by atoms with van der Waals surface area (Å²) in [5.74, 6) is 0.409. The first kappa shape index (κ1) is 30.1. The summed E-state index contributed by atoms with van der Waals surface area (Å²) in [6.45, 7) is 5.99. The highest BCUT2D eigenvalue weighted by Gasteiger charge is 2.20. The first-order chi connectivity index (χ1) is 20.4. The van der Waals surface area contributed by atoms with Crippen molar-refractivity contribution >= 4 is 47.1 Å². The molecule has 1 heterocycles. The molecule has 3 N–H and O–H groups in total. The zero-order chi connectivity index (χ0) is 29.9. The number of carbonyl (C=O) groups excluding carboxylic acids is 3. The smallest absolute Gasteiger partial charge is 0.272 e. The van der Waals surface area contributed by atoms with Gasteiger partial charge >= 0.3 is 0 Å². The van der Waals surface area contributed by atoms with E-state index < -0.39 is 17.1 Å². The van der Waals surface area contributed by atoms with Crippen molar-refractivity contribution in [3.05, 3.63) is 108 Å². The molecule has 1 atom stereocenters. The van der Waals surface area contributed by atoms with Crippen LogP contribution < -0.4 is 20.7 Å². The average Bonchev–Trinajstić information content (AvgIpc) is 3.41. The second-order valence-electron chi connectivity index (χ2n) is 9.16. The summed E-state index contributed by atoms with van der Waals surface area (Å²) in [6.07, 6.45) is 2.16. The van der Waals surface area contributed by atoms with Crippen molar-refractivity contribution in [3.63, 3.8) is 0 Å². The summed E-state index contributed by atoms with van der Waals surface area (Å²) < 4.78 is 10.7. The molecule has 0 bridgehead atoms. The second kappa shape index (κ2) is 14.7. The lowest BCUT2D eigenvalue weighted by Gasteiger charge is -2.15. The van der Waals surface area contributed by atoms with Gasteiger partial charge in [0.05, 0.1) is 11.9 Å². The highest BCUT2D eigenvalue weighted by Crippen LogP contribution is 2.29. The summed E-state index contributed by atoms with van der Waals surface area (Å²) in [5.41, 5.74) is 1.60. The van der Waals surface area contributed by atoms with E-state index in [1.54, 1.807) is 73.7 Å². The molecule has 9 nitrogen and oxygen atoms in total. The zero-order valence-electron chi connectivity index (χ0n) is 23.5. The van der Waals surface area contributed by atoms with Gasteiger partial charge in [0.2, 0.25) is 5.91 Å². The summed E-state index contributed by atoms with van der Waals surface area (Å²) >= 11 is 1.37. The SMILES string of the molecule is CCOc1ccccc1/C=C(/NC(=O)c1ccccc1)C(=O)Nc1cccc(SC(CC)C(=O)Nc2cc(C)on2)c1. The lowest BCUT2D eigenvalue weighted by atomic mass is 10.1. The number of rotatable bonds is 12. The van der Waals surface area contributed by atoms with Crippen LogP contribution in [0, 0.1) is 6.92 Å². The van der Waals surface area contributed by atoms with Crippen LogP contribution in [-0.2, 0) is 9.59 Å². The third kappa shape index (κ3) is 8.34. The first-order valence-electron chi connectivity index (χ1n) is 13.5. The molecule has 0 fully saturated rings. The van der Waals surface area contributed by atoms with Crippen molar-refractivity contribution in [2.45, 2.75) is 37.3 Å². The van der Waals surface area contributed by atoms with E-state index >= 15 is 0 Å². The molecule has 4 aromatic rings. The predicted octanol–water partition coefficient (Wildman–Crippen LogP) is 6.30. The van der Waals surface area contributed by atoms with Crippen molar-refractivity contribution in [2.24, 2.45) is 0 Å². The van der Waals surface area contributed by atoms with Gasteiger partial charge in [-0.1, -0.05) is 54.5 Å². The van der Waals surface area contributed by atoms with Gasteiger partial charge in [0.15, 0.2) is 5.82 Å². The number of hydrogen-bond donors (Lipinski definition) is 3. The minimum absolute atomic E-state index is 0.0442. The van der Waals surface area contributed by atoms with E-state index in [2.05, 4.69) is 21.1 Å². The van der Waals surface area contributed by atoms with Crippen LogP contribution in [0.4, 0.5) is 11.5 Å². The van der Waals surface area contributed by atoms with Crippen LogP contribution in [0.1, 0.15) is 41.9 Å². The Morgan fingerprint density at radius 1 is 0.952 bits per heavy atom. The van der Waals surface area contributed by atoms with Gasteiger partial charge in [-0.05, 0) is 62.7 Å². The maximum absolute atomic E-state index is 13.5. The molecule has 0 aliphatic heterocycles. The van der Waals surface area contributed by atoms with Crippen molar-refractivity contribution in [1.82, 2.24) is 10.5 Å². The molecule has 1 unspecified atom stereocenters. The number of hydrogen-bond acceptors (Lipinski definition) is 7. The molecule has 0 saturated heterocycles. The van der Waals surface area contributed by atoms with Gasteiger partial charge < -0.3 is 25.2 Å². The normalized spacial score (nSPS) is 11.8. The van der Waals surface area contributed by atoms with Gasteiger partial charge in [-0.25, -0.2) is 0 Å². The number of benzene rings is 3. The number of ether oxygens (including phenoxy) is 1. The number of nitrogens with zero attached hydrogens (tertiary/aromatic N) is 1. The van der Waals surface area contributed by atoms with E-state index in [4.69, 9.17) is 9.26 Å². The number of anilines is 2. The van der Waals surface area contributed by atoms with Crippen molar-refractivity contribution in [3.8, 4) is 5.75 Å².